The first-order valence-corrected chi connectivity index (χ1v) is 5.68. The van der Waals surface area contributed by atoms with Gasteiger partial charge in [-0.25, -0.2) is 14.4 Å². The Labute approximate surface area is 110 Å². The quantitative estimate of drug-likeness (QED) is 0.859. The highest BCUT2D eigenvalue weighted by Gasteiger charge is 2.12. The Bertz CT molecular complexity index is 578. The van der Waals surface area contributed by atoms with E-state index >= 15 is 0 Å². The van der Waals surface area contributed by atoms with Gasteiger partial charge in [0.05, 0.1) is 18.0 Å². The van der Waals surface area contributed by atoms with Crippen molar-refractivity contribution < 1.29 is 14.3 Å². The van der Waals surface area contributed by atoms with E-state index in [1.54, 1.807) is 26.2 Å². The highest BCUT2D eigenvalue weighted by atomic mass is 19.1. The van der Waals surface area contributed by atoms with Gasteiger partial charge in [0.25, 0.3) is 5.95 Å². The summed E-state index contributed by atoms with van der Waals surface area (Å²) in [6.45, 7) is 2.09. The summed E-state index contributed by atoms with van der Waals surface area (Å²) in [7, 11) is 1.56. The Kier molecular flexibility index (Phi) is 4.03. The molecule has 0 spiro atoms. The van der Waals surface area contributed by atoms with E-state index < -0.39 is 5.82 Å². The van der Waals surface area contributed by atoms with E-state index in [9.17, 15) is 9.60 Å². The van der Waals surface area contributed by atoms with Crippen molar-refractivity contribution in [2.45, 2.75) is 13.5 Å². The molecule has 0 aliphatic rings. The largest absolute Gasteiger partial charge is 0.378 e. The van der Waals surface area contributed by atoms with Gasteiger partial charge in [-0.15, -0.1) is 0 Å². The molecule has 1 N–H and O–H groups in total. The van der Waals surface area contributed by atoms with E-state index in [4.69, 9.17) is 4.74 Å². The maximum Gasteiger partial charge on any atom is 0.255 e. The lowest BCUT2D eigenvalue weighted by Crippen LogP contribution is -2.15. The zero-order valence-electron chi connectivity index (χ0n) is 10.7. The highest BCUT2D eigenvalue weighted by Crippen LogP contribution is 2.21. The first-order chi connectivity index (χ1) is 9.10. The third-order valence-corrected chi connectivity index (χ3v) is 2.43. The van der Waals surface area contributed by atoms with Crippen LogP contribution in [0.15, 0.2) is 30.3 Å². The number of hydrogen-bond donors (Lipinski definition) is 1. The molecular weight excluding hydrogens is 249 g/mol. The van der Waals surface area contributed by atoms with Crippen molar-refractivity contribution in [1.82, 2.24) is 9.97 Å². The molecule has 1 aromatic carbocycles. The number of aryl methyl sites for hydroxylation is 1. The number of rotatable bonds is 4. The van der Waals surface area contributed by atoms with Crippen LogP contribution in [0.25, 0.3) is 0 Å². The van der Waals surface area contributed by atoms with Gasteiger partial charge in [-0.05, 0) is 25.1 Å². The molecule has 0 saturated carbocycles. The van der Waals surface area contributed by atoms with Crippen LogP contribution >= 0.6 is 0 Å². The summed E-state index contributed by atoms with van der Waals surface area (Å²) in [5.74, 6) is -0.362. The Morgan fingerprint density at radius 2 is 2.11 bits per heavy atom. The molecular formula is C13H14FN3O2. The fraction of sp³-hybridized carbons (Fsp3) is 0.231. The molecule has 0 radical (unpaired) electrons. The molecule has 1 aromatic heterocycles. The molecule has 19 heavy (non-hydrogen) atoms. The zero-order valence-corrected chi connectivity index (χ0v) is 10.7. The monoisotopic (exact) mass is 263 g/mol. The smallest absolute Gasteiger partial charge is 0.255 e. The van der Waals surface area contributed by atoms with Crippen LogP contribution in [0.1, 0.15) is 11.4 Å². The summed E-state index contributed by atoms with van der Waals surface area (Å²) < 4.78 is 18.1. The Morgan fingerprint density at radius 3 is 2.79 bits per heavy atom. The second kappa shape index (κ2) is 5.73. The molecule has 100 valence electrons. The van der Waals surface area contributed by atoms with Gasteiger partial charge in [-0.2, -0.15) is 5.06 Å². The normalized spacial score (nSPS) is 10.5. The lowest BCUT2D eigenvalue weighted by Gasteiger charge is -2.16. The van der Waals surface area contributed by atoms with Crippen molar-refractivity contribution >= 4 is 11.6 Å². The number of methoxy groups -OCH3 is 1. The van der Waals surface area contributed by atoms with E-state index in [0.717, 1.165) is 5.06 Å². The van der Waals surface area contributed by atoms with Crippen molar-refractivity contribution in [3.8, 4) is 0 Å². The van der Waals surface area contributed by atoms with Crippen molar-refractivity contribution in [2.75, 3.05) is 12.2 Å². The predicted molar refractivity (Wildman–Crippen MR) is 67.8 cm³/mol. The summed E-state index contributed by atoms with van der Waals surface area (Å²) in [6, 6.07) is 7.31. The molecule has 0 atom stereocenters. The zero-order chi connectivity index (χ0) is 13.8. The minimum atomic E-state index is -0.443. The van der Waals surface area contributed by atoms with Gasteiger partial charge in [0.2, 0.25) is 0 Å². The number of nitrogens with zero attached hydrogens (tertiary/aromatic N) is 3. The minimum absolute atomic E-state index is 0.0812. The summed E-state index contributed by atoms with van der Waals surface area (Å²) in [5.41, 5.74) is 1.59. The van der Waals surface area contributed by atoms with Crippen molar-refractivity contribution in [2.24, 2.45) is 0 Å². The van der Waals surface area contributed by atoms with Gasteiger partial charge < -0.3 is 4.74 Å². The topological polar surface area (TPSA) is 58.5 Å². The van der Waals surface area contributed by atoms with Gasteiger partial charge in [-0.3, -0.25) is 5.21 Å². The van der Waals surface area contributed by atoms with Crippen LogP contribution in [0.4, 0.5) is 16.0 Å². The number of anilines is 2. The molecule has 0 aliphatic carbocycles. The van der Waals surface area contributed by atoms with E-state index in [2.05, 4.69) is 9.97 Å². The van der Waals surface area contributed by atoms with Crippen LogP contribution < -0.4 is 5.06 Å². The summed E-state index contributed by atoms with van der Waals surface area (Å²) in [4.78, 5) is 8.26. The maximum atomic E-state index is 13.1. The second-order valence-corrected chi connectivity index (χ2v) is 4.03. The molecule has 6 heteroatoms. The Morgan fingerprint density at radius 1 is 1.32 bits per heavy atom. The predicted octanol–water partition coefficient (Wildman–Crippen LogP) is 2.60. The number of aromatic nitrogens is 2. The lowest BCUT2D eigenvalue weighted by atomic mass is 10.3. The van der Waals surface area contributed by atoms with Crippen LogP contribution in [0.3, 0.4) is 0 Å². The van der Waals surface area contributed by atoms with E-state index in [1.165, 1.54) is 18.2 Å². The average molecular weight is 263 g/mol. The van der Waals surface area contributed by atoms with Crippen LogP contribution in [0.5, 0.6) is 0 Å². The van der Waals surface area contributed by atoms with Gasteiger partial charge in [0.15, 0.2) is 0 Å². The molecule has 2 rings (SSSR count). The lowest BCUT2D eigenvalue weighted by molar-refractivity contribution is 0.181. The summed E-state index contributed by atoms with van der Waals surface area (Å²) in [5, 5.41) is 10.8. The molecule has 0 saturated heterocycles. The molecule has 0 unspecified atom stereocenters. The molecule has 1 heterocycles. The van der Waals surface area contributed by atoms with Crippen molar-refractivity contribution in [1.29, 1.82) is 0 Å². The van der Waals surface area contributed by atoms with Gasteiger partial charge in [0, 0.05) is 18.9 Å². The standard InChI is InChI=1S/C13H14FN3O2/c1-9-6-11(8-19-2)16-13(15-9)17(18)12-5-3-4-10(14)7-12/h3-7,18H,8H2,1-2H3. The van der Waals surface area contributed by atoms with Crippen molar-refractivity contribution in [3.05, 3.63) is 47.5 Å². The van der Waals surface area contributed by atoms with E-state index in [0.29, 0.717) is 18.0 Å². The van der Waals surface area contributed by atoms with Crippen LogP contribution in [-0.2, 0) is 11.3 Å². The average Bonchev–Trinajstić information content (AvgIpc) is 2.37. The summed E-state index contributed by atoms with van der Waals surface area (Å²) >= 11 is 0. The molecule has 0 amide bonds. The molecule has 0 bridgehead atoms. The fourth-order valence-electron chi connectivity index (χ4n) is 1.66. The van der Waals surface area contributed by atoms with E-state index in [-0.39, 0.29) is 11.6 Å². The molecule has 0 aliphatic heterocycles. The third kappa shape index (κ3) is 3.24. The minimum Gasteiger partial charge on any atom is -0.378 e. The summed E-state index contributed by atoms with van der Waals surface area (Å²) in [6.07, 6.45) is 0. The third-order valence-electron chi connectivity index (χ3n) is 2.43. The van der Waals surface area contributed by atoms with Gasteiger partial charge >= 0.3 is 0 Å². The Balaban J connectivity index is 2.35. The van der Waals surface area contributed by atoms with Crippen LogP contribution in [0, 0.1) is 12.7 Å². The van der Waals surface area contributed by atoms with Crippen LogP contribution in [0.2, 0.25) is 0 Å². The van der Waals surface area contributed by atoms with Gasteiger partial charge in [-0.1, -0.05) is 6.07 Å². The number of hydrogen-bond acceptors (Lipinski definition) is 5. The molecule has 2 aromatic rings. The number of benzene rings is 1. The fourth-order valence-corrected chi connectivity index (χ4v) is 1.66. The molecule has 5 nitrogen and oxygen atoms in total. The van der Waals surface area contributed by atoms with E-state index in [1.807, 2.05) is 0 Å². The first kappa shape index (κ1) is 13.4. The van der Waals surface area contributed by atoms with Gasteiger partial charge in [0.1, 0.15) is 5.82 Å². The number of halogens is 1. The molecule has 0 fully saturated rings. The Hall–Kier alpha value is -2.05. The van der Waals surface area contributed by atoms with Crippen molar-refractivity contribution in [3.63, 3.8) is 0 Å². The first-order valence-electron chi connectivity index (χ1n) is 5.68. The van der Waals surface area contributed by atoms with Crippen LogP contribution in [-0.4, -0.2) is 22.3 Å². The second-order valence-electron chi connectivity index (χ2n) is 4.03. The number of ether oxygens (including phenoxy) is 1. The highest BCUT2D eigenvalue weighted by molar-refractivity contribution is 5.53. The SMILES string of the molecule is COCc1cc(C)nc(N(O)c2cccc(F)c2)n1. The maximum absolute atomic E-state index is 13.1.